The topological polar surface area (TPSA) is 97.7 Å². The number of hydrogen-bond acceptors (Lipinski definition) is 5. The lowest BCUT2D eigenvalue weighted by Crippen LogP contribution is -2.17. The zero-order valence-electron chi connectivity index (χ0n) is 12.0. The Labute approximate surface area is 126 Å². The van der Waals surface area contributed by atoms with E-state index in [0.29, 0.717) is 5.56 Å². The molecule has 0 saturated carbocycles. The van der Waals surface area contributed by atoms with Crippen LogP contribution in [-0.2, 0) is 6.42 Å². The first-order chi connectivity index (χ1) is 10.6. The minimum Gasteiger partial charge on any atom is -0.400 e. The lowest BCUT2D eigenvalue weighted by Gasteiger charge is -2.01. The molecule has 0 bridgehead atoms. The van der Waals surface area contributed by atoms with Crippen molar-refractivity contribution in [3.8, 4) is 0 Å². The minimum absolute atomic E-state index is 0.185. The number of amides is 1. The average molecular weight is 301 g/mol. The van der Waals surface area contributed by atoms with Crippen LogP contribution in [0.2, 0.25) is 0 Å². The van der Waals surface area contributed by atoms with Gasteiger partial charge in [-0.25, -0.2) is 5.43 Å². The molecule has 1 amide bonds. The SMILES string of the molecule is CCCc1ccc(C(=O)N/N=C/c2ccc([N+](=O)[O-])o2)cc1. The van der Waals surface area contributed by atoms with Crippen LogP contribution in [0, 0.1) is 10.1 Å². The number of aryl methyl sites for hydroxylation is 1. The molecule has 0 saturated heterocycles. The van der Waals surface area contributed by atoms with E-state index in [4.69, 9.17) is 4.42 Å². The van der Waals surface area contributed by atoms with Gasteiger partial charge in [-0.3, -0.25) is 14.9 Å². The van der Waals surface area contributed by atoms with E-state index in [1.165, 1.54) is 23.9 Å². The summed E-state index contributed by atoms with van der Waals surface area (Å²) in [7, 11) is 0. The minimum atomic E-state index is -0.645. The summed E-state index contributed by atoms with van der Waals surface area (Å²) in [5.41, 5.74) is 4.00. The Morgan fingerprint density at radius 1 is 1.32 bits per heavy atom. The molecule has 1 heterocycles. The summed E-state index contributed by atoms with van der Waals surface area (Å²) in [6.07, 6.45) is 3.22. The number of nitrogens with zero attached hydrogens (tertiary/aromatic N) is 2. The first kappa shape index (κ1) is 15.4. The standard InChI is InChI=1S/C15H15N3O4/c1-2-3-11-4-6-12(7-5-11)15(19)17-16-10-13-8-9-14(22-13)18(20)21/h4-10H,2-3H2,1H3,(H,17,19)/b16-10+. The van der Waals surface area contributed by atoms with Crippen LogP contribution in [0.15, 0.2) is 45.9 Å². The van der Waals surface area contributed by atoms with Gasteiger partial charge in [0.2, 0.25) is 0 Å². The van der Waals surface area contributed by atoms with E-state index in [-0.39, 0.29) is 17.6 Å². The number of furan rings is 1. The van der Waals surface area contributed by atoms with Gasteiger partial charge in [0, 0.05) is 5.56 Å². The van der Waals surface area contributed by atoms with Gasteiger partial charge < -0.3 is 4.42 Å². The highest BCUT2D eigenvalue weighted by Gasteiger charge is 2.10. The second-order valence-corrected chi connectivity index (χ2v) is 4.58. The predicted octanol–water partition coefficient (Wildman–Crippen LogP) is 2.90. The number of carbonyl (C=O) groups is 1. The molecular weight excluding hydrogens is 286 g/mol. The summed E-state index contributed by atoms with van der Waals surface area (Å²) in [6, 6.07) is 9.88. The van der Waals surface area contributed by atoms with Gasteiger partial charge in [0.25, 0.3) is 5.91 Å². The fourth-order valence-corrected chi connectivity index (χ4v) is 1.84. The molecular formula is C15H15N3O4. The number of rotatable bonds is 6. The second kappa shape index (κ2) is 7.16. The third-order valence-electron chi connectivity index (χ3n) is 2.91. The first-order valence-electron chi connectivity index (χ1n) is 6.76. The molecule has 7 heteroatoms. The number of nitro groups is 1. The fraction of sp³-hybridized carbons (Fsp3) is 0.200. The van der Waals surface area contributed by atoms with Gasteiger partial charge in [-0.1, -0.05) is 25.5 Å². The number of benzene rings is 1. The van der Waals surface area contributed by atoms with Gasteiger partial charge in [-0.05, 0) is 30.2 Å². The van der Waals surface area contributed by atoms with Gasteiger partial charge in [-0.15, -0.1) is 0 Å². The number of carbonyl (C=O) groups excluding carboxylic acids is 1. The van der Waals surface area contributed by atoms with Gasteiger partial charge in [-0.2, -0.15) is 5.10 Å². The van der Waals surface area contributed by atoms with Crippen molar-refractivity contribution in [2.24, 2.45) is 5.10 Å². The second-order valence-electron chi connectivity index (χ2n) is 4.58. The Kier molecular flexibility index (Phi) is 5.02. The Morgan fingerprint density at radius 3 is 2.64 bits per heavy atom. The number of nitrogens with one attached hydrogen (secondary N) is 1. The van der Waals surface area contributed by atoms with Crippen LogP contribution in [0.3, 0.4) is 0 Å². The van der Waals surface area contributed by atoms with Crippen molar-refractivity contribution in [2.45, 2.75) is 19.8 Å². The molecule has 0 aliphatic rings. The van der Waals surface area contributed by atoms with E-state index in [1.54, 1.807) is 12.1 Å². The molecule has 22 heavy (non-hydrogen) atoms. The lowest BCUT2D eigenvalue weighted by molar-refractivity contribution is -0.402. The molecule has 1 N–H and O–H groups in total. The quantitative estimate of drug-likeness (QED) is 0.504. The Bertz CT molecular complexity index is 689. The number of hydrogen-bond donors (Lipinski definition) is 1. The highest BCUT2D eigenvalue weighted by atomic mass is 16.6. The predicted molar refractivity (Wildman–Crippen MR) is 80.9 cm³/mol. The van der Waals surface area contributed by atoms with Crippen LogP contribution in [0.1, 0.15) is 35.0 Å². The molecule has 1 aromatic carbocycles. The molecule has 0 spiro atoms. The molecule has 0 aliphatic heterocycles. The maximum Gasteiger partial charge on any atom is 0.433 e. The van der Waals surface area contributed by atoms with Crippen LogP contribution in [0.5, 0.6) is 0 Å². The van der Waals surface area contributed by atoms with Crippen molar-refractivity contribution in [3.05, 3.63) is 63.4 Å². The molecule has 114 valence electrons. The fourth-order valence-electron chi connectivity index (χ4n) is 1.84. The van der Waals surface area contributed by atoms with Crippen molar-refractivity contribution in [1.82, 2.24) is 5.43 Å². The van der Waals surface area contributed by atoms with E-state index < -0.39 is 4.92 Å². The van der Waals surface area contributed by atoms with Gasteiger partial charge in [0.1, 0.15) is 4.92 Å². The molecule has 1 aromatic heterocycles. The largest absolute Gasteiger partial charge is 0.433 e. The number of hydrazone groups is 1. The normalized spacial score (nSPS) is 10.8. The smallest absolute Gasteiger partial charge is 0.400 e. The Hall–Kier alpha value is -2.96. The molecule has 0 atom stereocenters. The summed E-state index contributed by atoms with van der Waals surface area (Å²) in [6.45, 7) is 2.09. The zero-order chi connectivity index (χ0) is 15.9. The third kappa shape index (κ3) is 4.02. The van der Waals surface area contributed by atoms with Crippen molar-refractivity contribution in [2.75, 3.05) is 0 Å². The highest BCUT2D eigenvalue weighted by molar-refractivity contribution is 5.94. The maximum absolute atomic E-state index is 11.9. The van der Waals surface area contributed by atoms with Crippen molar-refractivity contribution < 1.29 is 14.1 Å². The summed E-state index contributed by atoms with van der Waals surface area (Å²) < 4.78 is 4.88. The molecule has 2 aromatic rings. The Balaban J connectivity index is 1.93. The molecule has 0 aliphatic carbocycles. The van der Waals surface area contributed by atoms with E-state index >= 15 is 0 Å². The maximum atomic E-state index is 11.9. The van der Waals surface area contributed by atoms with Crippen molar-refractivity contribution >= 4 is 18.0 Å². The van der Waals surface area contributed by atoms with Gasteiger partial charge in [0.15, 0.2) is 5.76 Å². The highest BCUT2D eigenvalue weighted by Crippen LogP contribution is 2.13. The van der Waals surface area contributed by atoms with E-state index in [9.17, 15) is 14.9 Å². The van der Waals surface area contributed by atoms with Crippen LogP contribution >= 0.6 is 0 Å². The summed E-state index contributed by atoms with van der Waals surface area (Å²) in [4.78, 5) is 21.7. The van der Waals surface area contributed by atoms with Gasteiger partial charge >= 0.3 is 5.88 Å². The first-order valence-corrected chi connectivity index (χ1v) is 6.76. The van der Waals surface area contributed by atoms with Crippen molar-refractivity contribution in [1.29, 1.82) is 0 Å². The van der Waals surface area contributed by atoms with E-state index in [0.717, 1.165) is 12.8 Å². The third-order valence-corrected chi connectivity index (χ3v) is 2.91. The summed E-state index contributed by atoms with van der Waals surface area (Å²) >= 11 is 0. The van der Waals surface area contributed by atoms with Crippen LogP contribution < -0.4 is 5.43 Å². The van der Waals surface area contributed by atoms with Gasteiger partial charge in [0.05, 0.1) is 12.3 Å². The molecule has 0 fully saturated rings. The lowest BCUT2D eigenvalue weighted by atomic mass is 10.1. The molecule has 0 unspecified atom stereocenters. The zero-order valence-corrected chi connectivity index (χ0v) is 12.0. The summed E-state index contributed by atoms with van der Waals surface area (Å²) in [5.74, 6) is -0.551. The van der Waals surface area contributed by atoms with Crippen LogP contribution in [0.25, 0.3) is 0 Å². The molecule has 2 rings (SSSR count). The van der Waals surface area contributed by atoms with Crippen LogP contribution in [-0.4, -0.2) is 17.0 Å². The van der Waals surface area contributed by atoms with E-state index in [2.05, 4.69) is 17.5 Å². The van der Waals surface area contributed by atoms with Crippen LogP contribution in [0.4, 0.5) is 5.88 Å². The summed E-state index contributed by atoms with van der Waals surface area (Å²) in [5, 5.41) is 14.2. The average Bonchev–Trinajstić information content (AvgIpc) is 2.97. The molecule has 0 radical (unpaired) electrons. The van der Waals surface area contributed by atoms with E-state index in [1.807, 2.05) is 12.1 Å². The van der Waals surface area contributed by atoms with Crippen molar-refractivity contribution in [3.63, 3.8) is 0 Å². The molecule has 7 nitrogen and oxygen atoms in total. The Morgan fingerprint density at radius 2 is 2.05 bits per heavy atom. The monoisotopic (exact) mass is 301 g/mol.